The standard InChI is InChI=1S/C18H20N4OS/c1-18(2,3)15-12-24-17(20-15)21-16(23)14-9-19-22(11-14)10-13-7-5-4-6-8-13/h4-9,11-12H,10H2,1-3H3,(H,20,21,23). The van der Waals surface area contributed by atoms with Gasteiger partial charge in [-0.3, -0.25) is 14.8 Å². The Balaban J connectivity index is 1.67. The number of hydrogen-bond donors (Lipinski definition) is 1. The van der Waals surface area contributed by atoms with Gasteiger partial charge in [0, 0.05) is 17.0 Å². The first-order chi connectivity index (χ1) is 11.4. The summed E-state index contributed by atoms with van der Waals surface area (Å²) in [5, 5.41) is 9.69. The molecule has 5 nitrogen and oxygen atoms in total. The number of benzene rings is 1. The van der Waals surface area contributed by atoms with Gasteiger partial charge in [-0.1, -0.05) is 51.1 Å². The number of anilines is 1. The summed E-state index contributed by atoms with van der Waals surface area (Å²) in [5.41, 5.74) is 2.61. The topological polar surface area (TPSA) is 59.8 Å². The smallest absolute Gasteiger partial charge is 0.260 e. The molecule has 3 rings (SSSR count). The number of aromatic nitrogens is 3. The summed E-state index contributed by atoms with van der Waals surface area (Å²) in [7, 11) is 0. The van der Waals surface area contributed by atoms with E-state index in [-0.39, 0.29) is 11.3 Å². The fraction of sp³-hybridized carbons (Fsp3) is 0.278. The maximum atomic E-state index is 12.3. The first kappa shape index (κ1) is 16.4. The Morgan fingerprint density at radius 2 is 2.00 bits per heavy atom. The molecule has 0 saturated heterocycles. The number of carbonyl (C=O) groups is 1. The monoisotopic (exact) mass is 340 g/mol. The minimum Gasteiger partial charge on any atom is -0.298 e. The Bertz CT molecular complexity index is 830. The second kappa shape index (κ2) is 6.57. The van der Waals surface area contributed by atoms with Crippen molar-refractivity contribution in [1.29, 1.82) is 0 Å². The summed E-state index contributed by atoms with van der Waals surface area (Å²) in [6.45, 7) is 6.93. The maximum absolute atomic E-state index is 12.3. The van der Waals surface area contributed by atoms with Gasteiger partial charge in [0.1, 0.15) is 0 Å². The summed E-state index contributed by atoms with van der Waals surface area (Å²) in [5.74, 6) is -0.191. The van der Waals surface area contributed by atoms with E-state index in [2.05, 4.69) is 36.2 Å². The fourth-order valence-electron chi connectivity index (χ4n) is 2.18. The minimum absolute atomic E-state index is 0.0277. The zero-order valence-electron chi connectivity index (χ0n) is 14.0. The van der Waals surface area contributed by atoms with E-state index in [1.165, 1.54) is 11.3 Å². The summed E-state index contributed by atoms with van der Waals surface area (Å²) >= 11 is 1.44. The quantitative estimate of drug-likeness (QED) is 0.782. The normalized spacial score (nSPS) is 11.5. The molecular formula is C18H20N4OS. The molecule has 1 aromatic carbocycles. The van der Waals surface area contributed by atoms with E-state index in [4.69, 9.17) is 0 Å². The molecule has 0 unspecified atom stereocenters. The van der Waals surface area contributed by atoms with Crippen molar-refractivity contribution < 1.29 is 4.79 Å². The van der Waals surface area contributed by atoms with Crippen LogP contribution in [0.25, 0.3) is 0 Å². The van der Waals surface area contributed by atoms with Crippen molar-refractivity contribution in [1.82, 2.24) is 14.8 Å². The average molecular weight is 340 g/mol. The molecule has 0 aliphatic carbocycles. The third-order valence-electron chi connectivity index (χ3n) is 3.58. The van der Waals surface area contributed by atoms with Crippen LogP contribution >= 0.6 is 11.3 Å². The number of nitrogens with one attached hydrogen (secondary N) is 1. The molecule has 1 amide bonds. The van der Waals surface area contributed by atoms with E-state index in [9.17, 15) is 4.79 Å². The lowest BCUT2D eigenvalue weighted by molar-refractivity contribution is 0.102. The molecule has 0 bridgehead atoms. The first-order valence-corrected chi connectivity index (χ1v) is 8.63. The van der Waals surface area contributed by atoms with E-state index in [0.717, 1.165) is 11.3 Å². The number of carbonyl (C=O) groups excluding carboxylic acids is 1. The molecule has 3 aromatic rings. The highest BCUT2D eigenvalue weighted by molar-refractivity contribution is 7.14. The average Bonchev–Trinajstić information content (AvgIpc) is 3.17. The predicted molar refractivity (Wildman–Crippen MR) is 96.5 cm³/mol. The van der Waals surface area contributed by atoms with E-state index >= 15 is 0 Å². The van der Waals surface area contributed by atoms with Gasteiger partial charge in [-0.25, -0.2) is 4.98 Å². The molecule has 6 heteroatoms. The molecular weight excluding hydrogens is 320 g/mol. The minimum atomic E-state index is -0.191. The van der Waals surface area contributed by atoms with E-state index in [1.54, 1.807) is 17.1 Å². The zero-order chi connectivity index (χ0) is 17.2. The van der Waals surface area contributed by atoms with E-state index in [1.807, 2.05) is 35.7 Å². The second-order valence-corrected chi connectivity index (χ2v) is 7.51. The zero-order valence-corrected chi connectivity index (χ0v) is 14.8. The Labute approximate surface area is 145 Å². The number of thiazole rings is 1. The van der Waals surface area contributed by atoms with Crippen molar-refractivity contribution in [2.24, 2.45) is 0 Å². The first-order valence-electron chi connectivity index (χ1n) is 7.75. The van der Waals surface area contributed by atoms with Gasteiger partial charge in [0.25, 0.3) is 5.91 Å². The van der Waals surface area contributed by atoms with E-state index in [0.29, 0.717) is 17.2 Å². The predicted octanol–water partition coefficient (Wildman–Crippen LogP) is 3.94. The molecule has 1 N–H and O–H groups in total. The number of hydrogen-bond acceptors (Lipinski definition) is 4. The fourth-order valence-corrected chi connectivity index (χ4v) is 3.11. The van der Waals surface area contributed by atoms with Gasteiger partial charge >= 0.3 is 0 Å². The summed E-state index contributed by atoms with van der Waals surface area (Å²) in [6, 6.07) is 10.0. The highest BCUT2D eigenvalue weighted by Crippen LogP contribution is 2.26. The largest absolute Gasteiger partial charge is 0.298 e. The third kappa shape index (κ3) is 3.89. The van der Waals surface area contributed by atoms with Gasteiger partial charge in [-0.2, -0.15) is 5.10 Å². The Morgan fingerprint density at radius 3 is 2.67 bits per heavy atom. The van der Waals surface area contributed by atoms with E-state index < -0.39 is 0 Å². The van der Waals surface area contributed by atoms with Crippen LogP contribution in [-0.4, -0.2) is 20.7 Å². The van der Waals surface area contributed by atoms with Gasteiger partial charge in [-0.15, -0.1) is 11.3 Å². The number of amides is 1. The maximum Gasteiger partial charge on any atom is 0.260 e. The molecule has 24 heavy (non-hydrogen) atoms. The van der Waals surface area contributed by atoms with Crippen LogP contribution in [0.3, 0.4) is 0 Å². The van der Waals surface area contributed by atoms with Gasteiger partial charge < -0.3 is 0 Å². The molecule has 0 aliphatic heterocycles. The number of nitrogens with zero attached hydrogens (tertiary/aromatic N) is 3. The van der Waals surface area contributed by atoms with Crippen LogP contribution in [0.4, 0.5) is 5.13 Å². The molecule has 0 radical (unpaired) electrons. The lowest BCUT2D eigenvalue weighted by Crippen LogP contribution is -2.14. The molecule has 2 aromatic heterocycles. The van der Waals surface area contributed by atoms with Gasteiger partial charge in [0.15, 0.2) is 5.13 Å². The molecule has 0 aliphatic rings. The molecule has 0 spiro atoms. The van der Waals surface area contributed by atoms with Crippen molar-refractivity contribution in [2.45, 2.75) is 32.7 Å². The van der Waals surface area contributed by atoms with Gasteiger partial charge in [0.05, 0.1) is 24.0 Å². The lowest BCUT2D eigenvalue weighted by Gasteiger charge is -2.14. The summed E-state index contributed by atoms with van der Waals surface area (Å²) in [6.07, 6.45) is 3.33. The van der Waals surface area contributed by atoms with Crippen LogP contribution in [-0.2, 0) is 12.0 Å². The molecule has 0 fully saturated rings. The van der Waals surface area contributed by atoms with Crippen LogP contribution < -0.4 is 5.32 Å². The van der Waals surface area contributed by atoms with Crippen molar-refractivity contribution in [3.8, 4) is 0 Å². The van der Waals surface area contributed by atoms with Crippen molar-refractivity contribution in [2.75, 3.05) is 5.32 Å². The van der Waals surface area contributed by atoms with Crippen molar-refractivity contribution in [3.05, 3.63) is 64.9 Å². The molecule has 124 valence electrons. The van der Waals surface area contributed by atoms with Crippen LogP contribution in [0.1, 0.15) is 42.4 Å². The molecule has 0 saturated carbocycles. The Kier molecular flexibility index (Phi) is 4.49. The van der Waals surface area contributed by atoms with Gasteiger partial charge in [0.2, 0.25) is 0 Å². The van der Waals surface area contributed by atoms with Crippen LogP contribution in [0.2, 0.25) is 0 Å². The van der Waals surface area contributed by atoms with Crippen molar-refractivity contribution >= 4 is 22.4 Å². The van der Waals surface area contributed by atoms with Crippen LogP contribution in [0.5, 0.6) is 0 Å². The lowest BCUT2D eigenvalue weighted by atomic mass is 9.93. The van der Waals surface area contributed by atoms with Crippen molar-refractivity contribution in [3.63, 3.8) is 0 Å². The summed E-state index contributed by atoms with van der Waals surface area (Å²) in [4.78, 5) is 16.8. The highest BCUT2D eigenvalue weighted by atomic mass is 32.1. The SMILES string of the molecule is CC(C)(C)c1csc(NC(=O)c2cnn(Cc3ccccc3)c2)n1. The van der Waals surface area contributed by atoms with Crippen LogP contribution in [0.15, 0.2) is 48.1 Å². The summed E-state index contributed by atoms with van der Waals surface area (Å²) < 4.78 is 1.76. The Morgan fingerprint density at radius 1 is 1.25 bits per heavy atom. The Hall–Kier alpha value is -2.47. The van der Waals surface area contributed by atoms with Gasteiger partial charge in [-0.05, 0) is 5.56 Å². The number of rotatable bonds is 4. The van der Waals surface area contributed by atoms with Crippen LogP contribution in [0, 0.1) is 0 Å². The third-order valence-corrected chi connectivity index (χ3v) is 4.33. The second-order valence-electron chi connectivity index (χ2n) is 6.65. The molecule has 0 atom stereocenters. The molecule has 2 heterocycles. The highest BCUT2D eigenvalue weighted by Gasteiger charge is 2.18.